The van der Waals surface area contributed by atoms with E-state index in [1.54, 1.807) is 0 Å². The molecule has 5 heteroatoms. The van der Waals surface area contributed by atoms with Crippen molar-refractivity contribution < 1.29 is 0 Å². The lowest BCUT2D eigenvalue weighted by atomic mass is 9.96. The van der Waals surface area contributed by atoms with Crippen LogP contribution in [0.5, 0.6) is 0 Å². The largest absolute Gasteiger partial charge is 0.357 e. The van der Waals surface area contributed by atoms with Crippen molar-refractivity contribution in [2.75, 3.05) is 25.5 Å². The molecule has 1 fully saturated rings. The molecule has 0 unspecified atom stereocenters. The van der Waals surface area contributed by atoms with Gasteiger partial charge in [0.15, 0.2) is 0 Å². The third-order valence-corrected chi connectivity index (χ3v) is 3.79. The summed E-state index contributed by atoms with van der Waals surface area (Å²) in [5.41, 5.74) is 0.0449. The van der Waals surface area contributed by atoms with Crippen LogP contribution >= 0.6 is 11.5 Å². The third-order valence-electron chi connectivity index (χ3n) is 3.14. The molecule has 0 aromatic carbocycles. The lowest BCUT2D eigenvalue weighted by molar-refractivity contribution is 0.264. The van der Waals surface area contributed by atoms with Gasteiger partial charge in [-0.2, -0.15) is 4.37 Å². The van der Waals surface area contributed by atoms with E-state index in [9.17, 15) is 0 Å². The molecule has 17 heavy (non-hydrogen) atoms. The first kappa shape index (κ1) is 12.8. The Bertz CT molecular complexity index is 361. The van der Waals surface area contributed by atoms with E-state index in [1.165, 1.54) is 37.5 Å². The van der Waals surface area contributed by atoms with Gasteiger partial charge in [-0.25, -0.2) is 4.98 Å². The maximum absolute atomic E-state index is 4.58. The highest BCUT2D eigenvalue weighted by Crippen LogP contribution is 2.24. The normalized spacial score (nSPS) is 19.5. The van der Waals surface area contributed by atoms with Gasteiger partial charge >= 0.3 is 0 Å². The summed E-state index contributed by atoms with van der Waals surface area (Å²) < 4.78 is 4.43. The molecule has 1 aromatic rings. The van der Waals surface area contributed by atoms with Crippen molar-refractivity contribution in [3.8, 4) is 0 Å². The Hall–Kier alpha value is -0.680. The summed E-state index contributed by atoms with van der Waals surface area (Å²) in [6.07, 6.45) is 2.39. The standard InChI is InChI=1S/C12H22N4S/c1-12(2,3)10-14-11(17-15-10)13-9-5-7-16(4)8-6-9/h9H,5-8H2,1-4H3,(H,13,14,15). The predicted molar refractivity (Wildman–Crippen MR) is 72.8 cm³/mol. The van der Waals surface area contributed by atoms with E-state index >= 15 is 0 Å². The first-order valence-electron chi connectivity index (χ1n) is 6.24. The Balaban J connectivity index is 1.93. The Morgan fingerprint density at radius 2 is 1.94 bits per heavy atom. The van der Waals surface area contributed by atoms with Crippen LogP contribution < -0.4 is 5.32 Å². The van der Waals surface area contributed by atoms with Crippen molar-refractivity contribution >= 4 is 16.7 Å². The van der Waals surface area contributed by atoms with E-state index in [1.807, 2.05) is 0 Å². The summed E-state index contributed by atoms with van der Waals surface area (Å²) in [4.78, 5) is 6.95. The molecule has 0 bridgehead atoms. The Kier molecular flexibility index (Phi) is 3.68. The molecule has 0 radical (unpaired) electrons. The van der Waals surface area contributed by atoms with Crippen molar-refractivity contribution in [1.29, 1.82) is 0 Å². The van der Waals surface area contributed by atoms with Gasteiger partial charge in [-0.3, -0.25) is 0 Å². The number of nitrogens with one attached hydrogen (secondary N) is 1. The zero-order chi connectivity index (χ0) is 12.5. The number of nitrogens with zero attached hydrogens (tertiary/aromatic N) is 3. The maximum atomic E-state index is 4.58. The smallest absolute Gasteiger partial charge is 0.202 e. The quantitative estimate of drug-likeness (QED) is 0.879. The monoisotopic (exact) mass is 254 g/mol. The van der Waals surface area contributed by atoms with Crippen LogP contribution in [0, 0.1) is 0 Å². The number of aromatic nitrogens is 2. The molecule has 96 valence electrons. The SMILES string of the molecule is CN1CCC(Nc2nc(C(C)(C)C)ns2)CC1. The minimum Gasteiger partial charge on any atom is -0.357 e. The molecule has 1 aliphatic rings. The van der Waals surface area contributed by atoms with Gasteiger partial charge in [0.2, 0.25) is 5.13 Å². The Morgan fingerprint density at radius 1 is 1.29 bits per heavy atom. The van der Waals surface area contributed by atoms with Crippen molar-refractivity contribution in [2.24, 2.45) is 0 Å². The summed E-state index contributed by atoms with van der Waals surface area (Å²) in [5, 5.41) is 4.49. The first-order chi connectivity index (χ1) is 7.95. The van der Waals surface area contributed by atoms with E-state index in [0.717, 1.165) is 11.0 Å². The molecular formula is C12H22N4S. The van der Waals surface area contributed by atoms with Crippen LogP contribution in [0.4, 0.5) is 5.13 Å². The summed E-state index contributed by atoms with van der Waals surface area (Å²) in [6, 6.07) is 0.562. The molecule has 2 heterocycles. The van der Waals surface area contributed by atoms with E-state index in [2.05, 4.69) is 47.4 Å². The molecule has 1 aliphatic heterocycles. The molecule has 4 nitrogen and oxygen atoms in total. The fraction of sp³-hybridized carbons (Fsp3) is 0.833. The number of likely N-dealkylation sites (tertiary alicyclic amines) is 1. The van der Waals surface area contributed by atoms with Gasteiger partial charge in [0.05, 0.1) is 0 Å². The number of rotatable bonds is 2. The van der Waals surface area contributed by atoms with Gasteiger partial charge in [-0.15, -0.1) is 0 Å². The van der Waals surface area contributed by atoms with Crippen LogP contribution in [0.1, 0.15) is 39.4 Å². The molecule has 0 spiro atoms. The fourth-order valence-corrected chi connectivity index (χ4v) is 2.75. The second kappa shape index (κ2) is 4.90. The maximum Gasteiger partial charge on any atom is 0.202 e. The van der Waals surface area contributed by atoms with E-state index < -0.39 is 0 Å². The topological polar surface area (TPSA) is 41.0 Å². The second-order valence-electron chi connectivity index (χ2n) is 5.90. The van der Waals surface area contributed by atoms with E-state index in [4.69, 9.17) is 0 Å². The highest BCUT2D eigenvalue weighted by molar-refractivity contribution is 7.09. The first-order valence-corrected chi connectivity index (χ1v) is 7.02. The zero-order valence-electron chi connectivity index (χ0n) is 11.2. The van der Waals surface area contributed by atoms with Gasteiger partial charge < -0.3 is 10.2 Å². The number of anilines is 1. The average Bonchev–Trinajstić information content (AvgIpc) is 2.69. The summed E-state index contributed by atoms with van der Waals surface area (Å²) in [7, 11) is 2.18. The lowest BCUT2D eigenvalue weighted by Crippen LogP contribution is -2.36. The van der Waals surface area contributed by atoms with Crippen molar-refractivity contribution in [2.45, 2.75) is 45.1 Å². The molecule has 0 saturated carbocycles. The molecule has 1 aromatic heterocycles. The van der Waals surface area contributed by atoms with Gasteiger partial charge in [0, 0.05) is 23.0 Å². The van der Waals surface area contributed by atoms with Crippen molar-refractivity contribution in [3.05, 3.63) is 5.82 Å². The molecule has 2 rings (SSSR count). The Morgan fingerprint density at radius 3 is 2.47 bits per heavy atom. The number of hydrogen-bond acceptors (Lipinski definition) is 5. The molecule has 1 saturated heterocycles. The third kappa shape index (κ3) is 3.39. The number of piperidine rings is 1. The van der Waals surface area contributed by atoms with Crippen LogP contribution in [0.25, 0.3) is 0 Å². The summed E-state index contributed by atoms with van der Waals surface area (Å²) >= 11 is 1.49. The minimum atomic E-state index is 0.0449. The van der Waals surface area contributed by atoms with Crippen molar-refractivity contribution in [1.82, 2.24) is 14.3 Å². The van der Waals surface area contributed by atoms with Gasteiger partial charge in [0.1, 0.15) is 5.82 Å². The zero-order valence-corrected chi connectivity index (χ0v) is 12.0. The van der Waals surface area contributed by atoms with Crippen LogP contribution in [-0.4, -0.2) is 40.4 Å². The van der Waals surface area contributed by atoms with Gasteiger partial charge in [-0.1, -0.05) is 20.8 Å². The lowest BCUT2D eigenvalue weighted by Gasteiger charge is -2.29. The molecule has 1 N–H and O–H groups in total. The van der Waals surface area contributed by atoms with Crippen LogP contribution in [-0.2, 0) is 5.41 Å². The highest BCUT2D eigenvalue weighted by atomic mass is 32.1. The van der Waals surface area contributed by atoms with Gasteiger partial charge in [-0.05, 0) is 33.0 Å². The van der Waals surface area contributed by atoms with Crippen LogP contribution in [0.2, 0.25) is 0 Å². The molecular weight excluding hydrogens is 232 g/mol. The fourth-order valence-electron chi connectivity index (χ4n) is 1.91. The molecule has 0 atom stereocenters. The van der Waals surface area contributed by atoms with E-state index in [-0.39, 0.29) is 5.41 Å². The van der Waals surface area contributed by atoms with Crippen LogP contribution in [0.15, 0.2) is 0 Å². The summed E-state index contributed by atoms with van der Waals surface area (Å²) in [6.45, 7) is 8.78. The van der Waals surface area contributed by atoms with Gasteiger partial charge in [0.25, 0.3) is 0 Å². The Labute approximate surface area is 108 Å². The predicted octanol–water partition coefficient (Wildman–Crippen LogP) is 2.34. The van der Waals surface area contributed by atoms with E-state index in [0.29, 0.717) is 6.04 Å². The average molecular weight is 254 g/mol. The second-order valence-corrected chi connectivity index (χ2v) is 6.65. The summed E-state index contributed by atoms with van der Waals surface area (Å²) in [5.74, 6) is 0.943. The number of hydrogen-bond donors (Lipinski definition) is 1. The van der Waals surface area contributed by atoms with Crippen molar-refractivity contribution in [3.63, 3.8) is 0 Å². The molecule has 0 aliphatic carbocycles. The molecule has 0 amide bonds. The minimum absolute atomic E-state index is 0.0449. The highest BCUT2D eigenvalue weighted by Gasteiger charge is 2.21. The van der Waals surface area contributed by atoms with Crippen LogP contribution in [0.3, 0.4) is 0 Å².